The van der Waals surface area contributed by atoms with Gasteiger partial charge in [-0.15, -0.1) is 0 Å². The Bertz CT molecular complexity index is 649. The van der Waals surface area contributed by atoms with Crippen molar-refractivity contribution in [1.29, 1.82) is 0 Å². The highest BCUT2D eigenvalue weighted by Crippen LogP contribution is 2.27. The molecule has 0 saturated heterocycles. The van der Waals surface area contributed by atoms with Gasteiger partial charge in [0, 0.05) is 25.5 Å². The van der Waals surface area contributed by atoms with Crippen LogP contribution in [0.1, 0.15) is 10.4 Å². The van der Waals surface area contributed by atoms with E-state index in [1.807, 2.05) is 6.07 Å². The summed E-state index contributed by atoms with van der Waals surface area (Å²) in [7, 11) is 3.14. The number of aromatic nitrogens is 1. The first-order chi connectivity index (χ1) is 9.15. The summed E-state index contributed by atoms with van der Waals surface area (Å²) in [6.07, 6.45) is 2.89. The minimum absolute atomic E-state index is 0.0934. The SMILES string of the molecule is COc1ccccc1N(C)C(=O)c1c[nH]ccc1=O. The molecule has 1 heterocycles. The maximum absolute atomic E-state index is 12.3. The van der Waals surface area contributed by atoms with E-state index in [0.29, 0.717) is 11.4 Å². The van der Waals surface area contributed by atoms with Crippen LogP contribution in [0.4, 0.5) is 5.69 Å². The second kappa shape index (κ2) is 5.39. The van der Waals surface area contributed by atoms with E-state index in [9.17, 15) is 9.59 Å². The third-order valence-electron chi connectivity index (χ3n) is 2.81. The molecule has 0 atom stereocenters. The van der Waals surface area contributed by atoms with Crippen LogP contribution < -0.4 is 15.1 Å². The number of hydrogen-bond acceptors (Lipinski definition) is 3. The maximum atomic E-state index is 12.3. The van der Waals surface area contributed by atoms with Gasteiger partial charge in [-0.05, 0) is 12.1 Å². The molecule has 1 aromatic carbocycles. The van der Waals surface area contributed by atoms with E-state index >= 15 is 0 Å². The molecule has 0 fully saturated rings. The highest BCUT2D eigenvalue weighted by Gasteiger charge is 2.18. The van der Waals surface area contributed by atoms with Crippen LogP contribution in [0, 0.1) is 0 Å². The molecule has 0 aliphatic heterocycles. The third kappa shape index (κ3) is 2.49. The number of amides is 1. The molecule has 1 aromatic heterocycles. The summed E-state index contributed by atoms with van der Waals surface area (Å²) in [4.78, 5) is 28.1. The predicted octanol–water partition coefficient (Wildman–Crippen LogP) is 1.66. The van der Waals surface area contributed by atoms with Crippen molar-refractivity contribution in [1.82, 2.24) is 4.98 Å². The zero-order valence-electron chi connectivity index (χ0n) is 10.7. The lowest BCUT2D eigenvalue weighted by molar-refractivity contribution is 0.0991. The van der Waals surface area contributed by atoms with Crippen LogP contribution in [0.25, 0.3) is 0 Å². The van der Waals surface area contributed by atoms with Gasteiger partial charge in [-0.2, -0.15) is 0 Å². The Morgan fingerprint density at radius 2 is 2.00 bits per heavy atom. The van der Waals surface area contributed by atoms with Crippen LogP contribution in [-0.4, -0.2) is 25.0 Å². The molecule has 1 amide bonds. The van der Waals surface area contributed by atoms with Gasteiger partial charge in [0.2, 0.25) is 0 Å². The molecule has 98 valence electrons. The van der Waals surface area contributed by atoms with Gasteiger partial charge in [-0.25, -0.2) is 0 Å². The van der Waals surface area contributed by atoms with Gasteiger partial charge in [-0.1, -0.05) is 12.1 Å². The van der Waals surface area contributed by atoms with Crippen molar-refractivity contribution in [3.05, 3.63) is 58.5 Å². The summed E-state index contributed by atoms with van der Waals surface area (Å²) in [5.41, 5.74) is 0.389. The number of benzene rings is 1. The van der Waals surface area contributed by atoms with E-state index in [1.165, 1.54) is 30.5 Å². The van der Waals surface area contributed by atoms with Crippen LogP contribution in [0.5, 0.6) is 5.75 Å². The van der Waals surface area contributed by atoms with Gasteiger partial charge in [0.15, 0.2) is 5.43 Å². The average molecular weight is 258 g/mol. The lowest BCUT2D eigenvalue weighted by Crippen LogP contribution is -2.30. The van der Waals surface area contributed by atoms with Gasteiger partial charge in [-0.3, -0.25) is 9.59 Å². The van der Waals surface area contributed by atoms with Crippen molar-refractivity contribution in [3.8, 4) is 5.75 Å². The lowest BCUT2D eigenvalue weighted by atomic mass is 10.2. The number of hydrogen-bond donors (Lipinski definition) is 1. The molecule has 0 bridgehead atoms. The molecule has 19 heavy (non-hydrogen) atoms. The van der Waals surface area contributed by atoms with Crippen LogP contribution >= 0.6 is 0 Å². The standard InChI is InChI=1S/C14H14N2O3/c1-16(11-5-3-4-6-13(11)19-2)14(18)10-9-15-8-7-12(10)17/h3-9H,1-2H3,(H,15,17). The first-order valence-corrected chi connectivity index (χ1v) is 5.73. The van der Waals surface area contributed by atoms with Crippen molar-refractivity contribution in [2.45, 2.75) is 0 Å². The van der Waals surface area contributed by atoms with E-state index in [2.05, 4.69) is 4.98 Å². The summed E-state index contributed by atoms with van der Waals surface area (Å²) < 4.78 is 5.20. The van der Waals surface area contributed by atoms with E-state index in [-0.39, 0.29) is 16.9 Å². The zero-order valence-corrected chi connectivity index (χ0v) is 10.7. The minimum Gasteiger partial charge on any atom is -0.495 e. The predicted molar refractivity (Wildman–Crippen MR) is 72.8 cm³/mol. The van der Waals surface area contributed by atoms with Crippen LogP contribution in [-0.2, 0) is 0 Å². The second-order valence-electron chi connectivity index (χ2n) is 3.96. The number of carbonyl (C=O) groups is 1. The monoisotopic (exact) mass is 258 g/mol. The summed E-state index contributed by atoms with van der Waals surface area (Å²) in [6, 6.07) is 8.46. The van der Waals surface area contributed by atoms with E-state index in [0.717, 1.165) is 0 Å². The Morgan fingerprint density at radius 1 is 1.26 bits per heavy atom. The van der Waals surface area contributed by atoms with Crippen molar-refractivity contribution in [2.24, 2.45) is 0 Å². The number of aromatic amines is 1. The first kappa shape index (κ1) is 12.9. The molecule has 2 rings (SSSR count). The van der Waals surface area contributed by atoms with Gasteiger partial charge in [0.1, 0.15) is 11.3 Å². The minimum atomic E-state index is -0.383. The summed E-state index contributed by atoms with van der Waals surface area (Å²) >= 11 is 0. The molecule has 2 aromatic rings. The Kier molecular flexibility index (Phi) is 3.66. The molecule has 0 aliphatic carbocycles. The number of H-pyrrole nitrogens is 1. The fourth-order valence-electron chi connectivity index (χ4n) is 1.78. The van der Waals surface area contributed by atoms with Gasteiger partial charge < -0.3 is 14.6 Å². The summed E-state index contributed by atoms with van der Waals surface area (Å²) in [5.74, 6) is 0.192. The average Bonchev–Trinajstić information content (AvgIpc) is 2.46. The number of ether oxygens (including phenoxy) is 1. The Labute approximate surface area is 110 Å². The maximum Gasteiger partial charge on any atom is 0.263 e. The molecule has 5 nitrogen and oxygen atoms in total. The molecule has 0 aliphatic rings. The van der Waals surface area contributed by atoms with Gasteiger partial charge >= 0.3 is 0 Å². The van der Waals surface area contributed by atoms with E-state index in [1.54, 1.807) is 25.2 Å². The van der Waals surface area contributed by atoms with Crippen molar-refractivity contribution in [2.75, 3.05) is 19.1 Å². The highest BCUT2D eigenvalue weighted by molar-refractivity contribution is 6.06. The number of rotatable bonds is 3. The number of pyridine rings is 1. The smallest absolute Gasteiger partial charge is 0.263 e. The molecule has 0 unspecified atom stereocenters. The number of carbonyl (C=O) groups excluding carboxylic acids is 1. The normalized spacial score (nSPS) is 10.0. The van der Waals surface area contributed by atoms with Crippen LogP contribution in [0.2, 0.25) is 0 Å². The van der Waals surface area contributed by atoms with Gasteiger partial charge in [0.05, 0.1) is 12.8 Å². The van der Waals surface area contributed by atoms with Crippen molar-refractivity contribution < 1.29 is 9.53 Å². The Morgan fingerprint density at radius 3 is 2.68 bits per heavy atom. The quantitative estimate of drug-likeness (QED) is 0.910. The highest BCUT2D eigenvalue weighted by atomic mass is 16.5. The molecule has 1 N–H and O–H groups in total. The number of anilines is 1. The molecule has 0 radical (unpaired) electrons. The van der Waals surface area contributed by atoms with E-state index < -0.39 is 0 Å². The number of methoxy groups -OCH3 is 1. The number of nitrogens with one attached hydrogen (secondary N) is 1. The fraction of sp³-hybridized carbons (Fsp3) is 0.143. The van der Waals surface area contributed by atoms with Crippen molar-refractivity contribution >= 4 is 11.6 Å². The molecule has 0 spiro atoms. The van der Waals surface area contributed by atoms with Crippen molar-refractivity contribution in [3.63, 3.8) is 0 Å². The number of para-hydroxylation sites is 2. The van der Waals surface area contributed by atoms with Gasteiger partial charge in [0.25, 0.3) is 5.91 Å². The number of nitrogens with zero attached hydrogens (tertiary/aromatic N) is 1. The Balaban J connectivity index is 2.40. The lowest BCUT2D eigenvalue weighted by Gasteiger charge is -2.19. The first-order valence-electron chi connectivity index (χ1n) is 5.73. The van der Waals surface area contributed by atoms with E-state index in [4.69, 9.17) is 4.74 Å². The molecule has 0 saturated carbocycles. The molecule has 5 heteroatoms. The molecular weight excluding hydrogens is 244 g/mol. The fourth-order valence-corrected chi connectivity index (χ4v) is 1.78. The topological polar surface area (TPSA) is 62.4 Å². The second-order valence-corrected chi connectivity index (χ2v) is 3.96. The largest absolute Gasteiger partial charge is 0.495 e. The van der Waals surface area contributed by atoms with Crippen LogP contribution in [0.3, 0.4) is 0 Å². The van der Waals surface area contributed by atoms with Crippen LogP contribution in [0.15, 0.2) is 47.5 Å². The zero-order chi connectivity index (χ0) is 13.8. The summed E-state index contributed by atoms with van der Waals surface area (Å²) in [6.45, 7) is 0. The third-order valence-corrected chi connectivity index (χ3v) is 2.81. The summed E-state index contributed by atoms with van der Waals surface area (Å²) in [5, 5.41) is 0. The molecular formula is C14H14N2O3. The Hall–Kier alpha value is -2.56.